The van der Waals surface area contributed by atoms with Crippen LogP contribution < -0.4 is 0 Å². The number of fused-ring (bicyclic) bond motifs is 1. The molecule has 1 aromatic rings. The first kappa shape index (κ1) is 11.6. The number of hydrogen-bond donors (Lipinski definition) is 0. The SMILES string of the molecule is Cc1nnc2n1CCN(C(C)(C)C(C)C)C2. The Morgan fingerprint density at radius 1 is 1.19 bits per heavy atom. The highest BCUT2D eigenvalue weighted by atomic mass is 15.3. The highest BCUT2D eigenvalue weighted by Gasteiger charge is 2.33. The van der Waals surface area contributed by atoms with Crippen molar-refractivity contribution < 1.29 is 0 Å². The van der Waals surface area contributed by atoms with Crippen LogP contribution in [0.2, 0.25) is 0 Å². The van der Waals surface area contributed by atoms with Crippen molar-refractivity contribution in [2.24, 2.45) is 5.92 Å². The molecule has 0 atom stereocenters. The van der Waals surface area contributed by atoms with Crippen molar-refractivity contribution in [1.29, 1.82) is 0 Å². The molecule has 0 unspecified atom stereocenters. The summed E-state index contributed by atoms with van der Waals surface area (Å²) in [6.07, 6.45) is 0. The summed E-state index contributed by atoms with van der Waals surface area (Å²) in [5.41, 5.74) is 0.227. The van der Waals surface area contributed by atoms with E-state index in [-0.39, 0.29) is 5.54 Å². The summed E-state index contributed by atoms with van der Waals surface area (Å²) in [7, 11) is 0. The molecule has 1 aliphatic rings. The van der Waals surface area contributed by atoms with E-state index in [0.717, 1.165) is 31.3 Å². The minimum atomic E-state index is 0.227. The fourth-order valence-corrected chi connectivity index (χ4v) is 2.16. The van der Waals surface area contributed by atoms with Crippen LogP contribution in [-0.4, -0.2) is 31.7 Å². The van der Waals surface area contributed by atoms with Crippen LogP contribution >= 0.6 is 0 Å². The van der Waals surface area contributed by atoms with Crippen LogP contribution in [0.5, 0.6) is 0 Å². The van der Waals surface area contributed by atoms with Gasteiger partial charge in [0.15, 0.2) is 0 Å². The third kappa shape index (κ3) is 1.75. The van der Waals surface area contributed by atoms with Crippen LogP contribution in [0, 0.1) is 12.8 Å². The van der Waals surface area contributed by atoms with E-state index in [1.54, 1.807) is 0 Å². The van der Waals surface area contributed by atoms with Crippen LogP contribution in [0.3, 0.4) is 0 Å². The highest BCUT2D eigenvalue weighted by Crippen LogP contribution is 2.27. The maximum atomic E-state index is 4.25. The van der Waals surface area contributed by atoms with Gasteiger partial charge in [-0.25, -0.2) is 0 Å². The summed E-state index contributed by atoms with van der Waals surface area (Å²) in [5, 5.41) is 8.40. The topological polar surface area (TPSA) is 34.0 Å². The van der Waals surface area contributed by atoms with Crippen molar-refractivity contribution in [3.05, 3.63) is 11.6 Å². The molecular formula is C12H22N4. The summed E-state index contributed by atoms with van der Waals surface area (Å²) >= 11 is 0. The lowest BCUT2D eigenvalue weighted by atomic mass is 9.88. The zero-order valence-corrected chi connectivity index (χ0v) is 11.0. The molecule has 2 heterocycles. The van der Waals surface area contributed by atoms with E-state index in [1.165, 1.54) is 0 Å². The van der Waals surface area contributed by atoms with Crippen molar-refractivity contribution in [2.75, 3.05) is 6.54 Å². The van der Waals surface area contributed by atoms with Gasteiger partial charge in [-0.15, -0.1) is 10.2 Å². The zero-order valence-electron chi connectivity index (χ0n) is 11.0. The molecule has 1 aromatic heterocycles. The minimum absolute atomic E-state index is 0.227. The third-order valence-electron chi connectivity index (χ3n) is 4.17. The lowest BCUT2D eigenvalue weighted by Crippen LogP contribution is -2.51. The van der Waals surface area contributed by atoms with E-state index >= 15 is 0 Å². The van der Waals surface area contributed by atoms with Gasteiger partial charge < -0.3 is 4.57 Å². The van der Waals surface area contributed by atoms with Gasteiger partial charge in [0.25, 0.3) is 0 Å². The van der Waals surface area contributed by atoms with Crippen LogP contribution in [0.1, 0.15) is 39.3 Å². The maximum absolute atomic E-state index is 4.25. The van der Waals surface area contributed by atoms with E-state index in [2.05, 4.69) is 47.4 Å². The molecule has 16 heavy (non-hydrogen) atoms. The first-order chi connectivity index (χ1) is 7.43. The Morgan fingerprint density at radius 2 is 1.88 bits per heavy atom. The van der Waals surface area contributed by atoms with Crippen LogP contribution in [0.15, 0.2) is 0 Å². The summed E-state index contributed by atoms with van der Waals surface area (Å²) < 4.78 is 2.23. The Balaban J connectivity index is 2.20. The molecule has 4 nitrogen and oxygen atoms in total. The molecule has 0 bridgehead atoms. The number of aromatic nitrogens is 3. The predicted octanol–water partition coefficient (Wildman–Crippen LogP) is 1.84. The minimum Gasteiger partial charge on any atom is -0.313 e. The fraction of sp³-hybridized carbons (Fsp3) is 0.833. The average molecular weight is 222 g/mol. The standard InChI is InChI=1S/C12H22N4/c1-9(2)12(4,5)15-6-7-16-10(3)13-14-11(16)8-15/h9H,6-8H2,1-5H3. The van der Waals surface area contributed by atoms with Crippen molar-refractivity contribution in [2.45, 2.75) is 53.2 Å². The molecule has 0 aromatic carbocycles. The Labute approximate surface area is 97.7 Å². The van der Waals surface area contributed by atoms with Crippen LogP contribution in [-0.2, 0) is 13.1 Å². The smallest absolute Gasteiger partial charge is 0.147 e. The molecule has 0 aliphatic carbocycles. The molecule has 0 radical (unpaired) electrons. The normalized spacial score (nSPS) is 17.9. The molecule has 2 rings (SSSR count). The van der Waals surface area contributed by atoms with E-state index in [9.17, 15) is 0 Å². The predicted molar refractivity (Wildman–Crippen MR) is 64.1 cm³/mol. The van der Waals surface area contributed by atoms with Gasteiger partial charge in [-0.1, -0.05) is 13.8 Å². The van der Waals surface area contributed by atoms with Crippen molar-refractivity contribution in [1.82, 2.24) is 19.7 Å². The van der Waals surface area contributed by atoms with Crippen molar-refractivity contribution in [3.8, 4) is 0 Å². The van der Waals surface area contributed by atoms with Gasteiger partial charge >= 0.3 is 0 Å². The molecule has 0 N–H and O–H groups in total. The van der Waals surface area contributed by atoms with Crippen LogP contribution in [0.4, 0.5) is 0 Å². The summed E-state index contributed by atoms with van der Waals surface area (Å²) in [6, 6.07) is 0. The zero-order chi connectivity index (χ0) is 11.9. The van der Waals surface area contributed by atoms with E-state index in [0.29, 0.717) is 5.92 Å². The van der Waals surface area contributed by atoms with Crippen molar-refractivity contribution >= 4 is 0 Å². The molecule has 90 valence electrons. The van der Waals surface area contributed by atoms with E-state index in [1.807, 2.05) is 6.92 Å². The van der Waals surface area contributed by atoms with Gasteiger partial charge in [-0.2, -0.15) is 0 Å². The van der Waals surface area contributed by atoms with Crippen LogP contribution in [0.25, 0.3) is 0 Å². The van der Waals surface area contributed by atoms with Gasteiger partial charge in [-0.3, -0.25) is 4.90 Å². The molecule has 0 saturated carbocycles. The number of nitrogens with zero attached hydrogens (tertiary/aromatic N) is 4. The second-order valence-electron chi connectivity index (χ2n) is 5.54. The molecule has 0 spiro atoms. The summed E-state index contributed by atoms with van der Waals surface area (Å²) in [6.45, 7) is 14.3. The van der Waals surface area contributed by atoms with Gasteiger partial charge in [0.1, 0.15) is 11.6 Å². The Bertz CT molecular complexity index is 378. The molecule has 1 aliphatic heterocycles. The van der Waals surface area contributed by atoms with Gasteiger partial charge in [0.05, 0.1) is 6.54 Å². The largest absolute Gasteiger partial charge is 0.313 e. The van der Waals surface area contributed by atoms with Crippen molar-refractivity contribution in [3.63, 3.8) is 0 Å². The highest BCUT2D eigenvalue weighted by molar-refractivity contribution is 5.00. The Hall–Kier alpha value is -0.900. The second-order valence-corrected chi connectivity index (χ2v) is 5.54. The first-order valence-electron chi connectivity index (χ1n) is 6.06. The lowest BCUT2D eigenvalue weighted by Gasteiger charge is -2.43. The summed E-state index contributed by atoms with van der Waals surface area (Å²) in [5.74, 6) is 2.79. The van der Waals surface area contributed by atoms with Gasteiger partial charge in [0.2, 0.25) is 0 Å². The number of aryl methyl sites for hydroxylation is 1. The number of rotatable bonds is 2. The maximum Gasteiger partial charge on any atom is 0.147 e. The molecule has 0 saturated heterocycles. The molecular weight excluding hydrogens is 200 g/mol. The van der Waals surface area contributed by atoms with E-state index in [4.69, 9.17) is 0 Å². The lowest BCUT2D eigenvalue weighted by molar-refractivity contribution is 0.0484. The Morgan fingerprint density at radius 3 is 2.50 bits per heavy atom. The first-order valence-corrected chi connectivity index (χ1v) is 6.06. The average Bonchev–Trinajstić information content (AvgIpc) is 2.60. The molecule has 4 heteroatoms. The summed E-state index contributed by atoms with van der Waals surface area (Å²) in [4.78, 5) is 2.52. The number of hydrogen-bond acceptors (Lipinski definition) is 3. The fourth-order valence-electron chi connectivity index (χ4n) is 2.16. The monoisotopic (exact) mass is 222 g/mol. The quantitative estimate of drug-likeness (QED) is 0.765. The second kappa shape index (κ2) is 3.84. The Kier molecular flexibility index (Phi) is 2.78. The van der Waals surface area contributed by atoms with Gasteiger partial charge in [0, 0.05) is 18.6 Å². The third-order valence-corrected chi connectivity index (χ3v) is 4.17. The van der Waals surface area contributed by atoms with Gasteiger partial charge in [-0.05, 0) is 26.7 Å². The molecule has 0 fully saturated rings. The van der Waals surface area contributed by atoms with E-state index < -0.39 is 0 Å². The molecule has 0 amide bonds.